The number of nitrogens with zero attached hydrogens (tertiary/aromatic N) is 6. The number of para-hydroxylation sites is 4. The molecule has 7 nitrogen and oxygen atoms in total. The number of aromatic nitrogens is 4. The van der Waals surface area contributed by atoms with Crippen LogP contribution in [0.2, 0.25) is 0 Å². The van der Waals surface area contributed by atoms with Gasteiger partial charge in [-0.1, -0.05) is 93.0 Å². The SMILES string of the molecule is CC(C)(C)c1ccnc(-n2c3[c-]c(Oc4[c-]c(N5[CH-]N(c6cccc7c8ccccc8n(-c8ccccc8)c67)c6cnccc65)ccc4)ccc3c3ccccc32)c1.[Pt]. The largest absolute Gasteiger partial charge is 0.509 e. The summed E-state index contributed by atoms with van der Waals surface area (Å²) in [6.45, 7) is 8.79. The molecule has 0 unspecified atom stereocenters. The minimum atomic E-state index is -0.0222. The van der Waals surface area contributed by atoms with Crippen LogP contribution >= 0.6 is 0 Å². The molecule has 10 aromatic rings. The Balaban J connectivity index is 0.00000420. The molecule has 4 aromatic heterocycles. The standard InChI is InChI=1S/C51H37N6O.Pt/c1-51(2,3)34-25-28-53-49(29-34)57-44-21-10-7-17-39(44)41-24-23-38(31-47(41)57)58-37-16-11-15-36(30-37)54-33-55(48-32-52-27-26-45(48)54)46-22-12-19-42-40-18-8-9-20-43(40)56(50(42)46)35-13-5-4-6-14-35;/h4-29,32-33H,1-3H3;/q-3;. The second kappa shape index (κ2) is 14.3. The minimum Gasteiger partial charge on any atom is -0.509 e. The topological polar surface area (TPSA) is 51.4 Å². The monoisotopic (exact) mass is 944 g/mol. The molecule has 290 valence electrons. The van der Waals surface area contributed by atoms with Gasteiger partial charge in [0.1, 0.15) is 5.82 Å². The van der Waals surface area contributed by atoms with Gasteiger partial charge in [-0.15, -0.1) is 48.1 Å². The maximum atomic E-state index is 6.59. The molecule has 0 radical (unpaired) electrons. The second-order valence-electron chi connectivity index (χ2n) is 15.7. The van der Waals surface area contributed by atoms with Crippen molar-refractivity contribution in [2.45, 2.75) is 26.2 Å². The van der Waals surface area contributed by atoms with Gasteiger partial charge in [0.05, 0.1) is 22.9 Å². The third-order valence-electron chi connectivity index (χ3n) is 11.1. The first kappa shape index (κ1) is 36.6. The number of benzene rings is 6. The van der Waals surface area contributed by atoms with Gasteiger partial charge in [-0.05, 0) is 64.9 Å². The average molecular weight is 945 g/mol. The number of hydrogen-bond donors (Lipinski definition) is 0. The summed E-state index contributed by atoms with van der Waals surface area (Å²) in [6, 6.07) is 57.7. The molecule has 59 heavy (non-hydrogen) atoms. The van der Waals surface area contributed by atoms with E-state index in [-0.39, 0.29) is 26.5 Å². The molecule has 0 bridgehead atoms. The van der Waals surface area contributed by atoms with Crippen LogP contribution in [0.1, 0.15) is 26.3 Å². The van der Waals surface area contributed by atoms with Crippen molar-refractivity contribution in [1.82, 2.24) is 19.1 Å². The molecular formula is C51H37N6OPt-3. The molecule has 0 spiro atoms. The molecule has 0 amide bonds. The van der Waals surface area contributed by atoms with Crippen molar-refractivity contribution in [2.75, 3.05) is 9.80 Å². The zero-order valence-corrected chi connectivity index (χ0v) is 34.8. The molecule has 1 aliphatic rings. The Labute approximate surface area is 357 Å². The number of ether oxygens (including phenoxy) is 1. The van der Waals surface area contributed by atoms with E-state index < -0.39 is 0 Å². The van der Waals surface area contributed by atoms with Crippen molar-refractivity contribution in [3.63, 3.8) is 0 Å². The van der Waals surface area contributed by atoms with Crippen LogP contribution in [0.15, 0.2) is 164 Å². The van der Waals surface area contributed by atoms with Crippen LogP contribution in [0.4, 0.5) is 22.7 Å². The van der Waals surface area contributed by atoms with Crippen molar-refractivity contribution in [3.8, 4) is 23.0 Å². The molecule has 1 aliphatic heterocycles. The smallest absolute Gasteiger partial charge is 0.135 e. The van der Waals surface area contributed by atoms with Crippen LogP contribution in [-0.2, 0) is 26.5 Å². The summed E-state index contributed by atoms with van der Waals surface area (Å²) < 4.78 is 11.1. The first-order chi connectivity index (χ1) is 28.4. The summed E-state index contributed by atoms with van der Waals surface area (Å²) in [5, 5.41) is 4.61. The molecule has 0 saturated heterocycles. The zero-order chi connectivity index (χ0) is 39.0. The van der Waals surface area contributed by atoms with Gasteiger partial charge < -0.3 is 23.7 Å². The molecule has 5 heterocycles. The summed E-state index contributed by atoms with van der Waals surface area (Å²) in [6.07, 6.45) is 5.65. The van der Waals surface area contributed by atoms with Gasteiger partial charge in [-0.2, -0.15) is 12.1 Å². The van der Waals surface area contributed by atoms with Crippen LogP contribution < -0.4 is 14.5 Å². The average Bonchev–Trinajstić information content (AvgIpc) is 3.92. The fourth-order valence-electron chi connectivity index (χ4n) is 8.37. The molecule has 0 aliphatic carbocycles. The van der Waals surface area contributed by atoms with E-state index in [0.29, 0.717) is 11.5 Å². The van der Waals surface area contributed by atoms with E-state index in [0.717, 1.165) is 67.1 Å². The first-order valence-corrected chi connectivity index (χ1v) is 19.5. The quantitative estimate of drug-likeness (QED) is 0.156. The number of pyridine rings is 2. The Hall–Kier alpha value is -6.69. The zero-order valence-electron chi connectivity index (χ0n) is 32.6. The summed E-state index contributed by atoms with van der Waals surface area (Å²) in [7, 11) is 0. The maximum Gasteiger partial charge on any atom is 0.135 e. The maximum absolute atomic E-state index is 6.59. The fraction of sp³-hybridized carbons (Fsp3) is 0.0784. The number of rotatable bonds is 6. The van der Waals surface area contributed by atoms with E-state index in [2.05, 4.69) is 185 Å². The molecule has 11 rings (SSSR count). The third-order valence-corrected chi connectivity index (χ3v) is 11.1. The van der Waals surface area contributed by atoms with E-state index >= 15 is 0 Å². The van der Waals surface area contributed by atoms with Gasteiger partial charge in [0.2, 0.25) is 0 Å². The first-order valence-electron chi connectivity index (χ1n) is 19.5. The van der Waals surface area contributed by atoms with Crippen LogP contribution in [-0.4, -0.2) is 19.1 Å². The van der Waals surface area contributed by atoms with E-state index in [1.807, 2.05) is 42.9 Å². The Morgan fingerprint density at radius 1 is 0.576 bits per heavy atom. The van der Waals surface area contributed by atoms with Gasteiger partial charge in [0.25, 0.3) is 0 Å². The molecule has 0 fully saturated rings. The van der Waals surface area contributed by atoms with E-state index in [1.165, 1.54) is 16.3 Å². The Bertz CT molecular complexity index is 3200. The summed E-state index contributed by atoms with van der Waals surface area (Å²) in [5.74, 6) is 2.02. The van der Waals surface area contributed by atoms with Crippen molar-refractivity contribution in [2.24, 2.45) is 0 Å². The van der Waals surface area contributed by atoms with Gasteiger partial charge in [-0.25, -0.2) is 4.98 Å². The van der Waals surface area contributed by atoms with Crippen LogP contribution in [0, 0.1) is 18.8 Å². The Kier molecular flexibility index (Phi) is 8.88. The van der Waals surface area contributed by atoms with E-state index in [4.69, 9.17) is 9.72 Å². The predicted molar refractivity (Wildman–Crippen MR) is 235 cm³/mol. The molecule has 0 N–H and O–H groups in total. The molecule has 0 saturated carbocycles. The van der Waals surface area contributed by atoms with Crippen LogP contribution in [0.3, 0.4) is 0 Å². The summed E-state index contributed by atoms with van der Waals surface area (Å²) >= 11 is 0. The molecule has 8 heteroatoms. The van der Waals surface area contributed by atoms with Gasteiger partial charge in [0, 0.05) is 78.3 Å². The third kappa shape index (κ3) is 6.07. The van der Waals surface area contributed by atoms with Gasteiger partial charge in [-0.3, -0.25) is 4.98 Å². The van der Waals surface area contributed by atoms with Crippen molar-refractivity contribution >= 4 is 66.4 Å². The number of anilines is 4. The molecular weight excluding hydrogens is 908 g/mol. The van der Waals surface area contributed by atoms with E-state index in [9.17, 15) is 0 Å². The van der Waals surface area contributed by atoms with Crippen LogP contribution in [0.5, 0.6) is 11.5 Å². The summed E-state index contributed by atoms with van der Waals surface area (Å²) in [4.78, 5) is 13.8. The summed E-state index contributed by atoms with van der Waals surface area (Å²) in [5.41, 5.74) is 10.4. The molecule has 0 atom stereocenters. The second-order valence-corrected chi connectivity index (χ2v) is 15.7. The number of fused-ring (bicyclic) bond motifs is 7. The predicted octanol–water partition coefficient (Wildman–Crippen LogP) is 12.8. The van der Waals surface area contributed by atoms with Gasteiger partial charge >= 0.3 is 0 Å². The van der Waals surface area contributed by atoms with Gasteiger partial charge in [0.15, 0.2) is 0 Å². The van der Waals surface area contributed by atoms with Crippen molar-refractivity contribution in [1.29, 1.82) is 0 Å². The Morgan fingerprint density at radius 2 is 1.29 bits per heavy atom. The fourth-order valence-corrected chi connectivity index (χ4v) is 8.37. The number of hydrogen-bond acceptors (Lipinski definition) is 5. The van der Waals surface area contributed by atoms with Crippen LogP contribution in [0.25, 0.3) is 55.1 Å². The normalized spacial score (nSPS) is 12.7. The van der Waals surface area contributed by atoms with E-state index in [1.54, 1.807) is 0 Å². The van der Waals surface area contributed by atoms with Crippen molar-refractivity contribution in [3.05, 3.63) is 189 Å². The molecule has 6 aromatic carbocycles. The minimum absolute atomic E-state index is 0. The Morgan fingerprint density at radius 3 is 2.10 bits per heavy atom. The van der Waals surface area contributed by atoms with Crippen molar-refractivity contribution < 1.29 is 25.8 Å².